The lowest BCUT2D eigenvalue weighted by Crippen LogP contribution is -2.13. The quantitative estimate of drug-likeness (QED) is 0.497. The number of fused-ring (bicyclic) bond motifs is 1. The number of rotatable bonds is 6. The van der Waals surface area contributed by atoms with Gasteiger partial charge in [0.05, 0.1) is 32.7 Å². The van der Waals surface area contributed by atoms with E-state index in [1.54, 1.807) is 32.4 Å². The highest BCUT2D eigenvalue weighted by atomic mass is 16.5. The fourth-order valence-electron chi connectivity index (χ4n) is 3.36. The molecule has 2 heterocycles. The van der Waals surface area contributed by atoms with Gasteiger partial charge in [-0.3, -0.25) is 4.79 Å². The fraction of sp³-hybridized carbons (Fsp3) is 0.167. The third-order valence-corrected chi connectivity index (χ3v) is 5.00. The van der Waals surface area contributed by atoms with Crippen LogP contribution < -0.4 is 19.5 Å². The molecule has 0 unspecified atom stereocenters. The molecule has 0 aliphatic carbocycles. The van der Waals surface area contributed by atoms with E-state index in [2.05, 4.69) is 5.32 Å². The normalized spacial score (nSPS) is 10.7. The van der Waals surface area contributed by atoms with Crippen LogP contribution in [-0.2, 0) is 0 Å². The molecule has 2 aromatic carbocycles. The Kier molecular flexibility index (Phi) is 5.49. The maximum atomic E-state index is 12.9. The van der Waals surface area contributed by atoms with Crippen LogP contribution >= 0.6 is 0 Å². The second kappa shape index (κ2) is 8.39. The largest absolute Gasteiger partial charge is 0.495 e. The summed E-state index contributed by atoms with van der Waals surface area (Å²) in [6, 6.07) is 14.6. The van der Waals surface area contributed by atoms with Crippen molar-refractivity contribution in [3.63, 3.8) is 0 Å². The summed E-state index contributed by atoms with van der Waals surface area (Å²) in [5, 5.41) is 2.92. The molecule has 0 radical (unpaired) electrons. The van der Waals surface area contributed by atoms with Gasteiger partial charge in [0.2, 0.25) is 0 Å². The minimum absolute atomic E-state index is 0.290. The molecular formula is C24H23N3O4. The van der Waals surface area contributed by atoms with E-state index in [0.717, 1.165) is 22.5 Å². The Hall–Kier alpha value is -4.00. The Morgan fingerprint density at radius 3 is 2.39 bits per heavy atom. The van der Waals surface area contributed by atoms with Gasteiger partial charge in [-0.05, 0) is 61.0 Å². The Bertz CT molecular complexity index is 1260. The van der Waals surface area contributed by atoms with E-state index in [1.807, 2.05) is 54.0 Å². The minimum atomic E-state index is -0.290. The molecular weight excluding hydrogens is 394 g/mol. The summed E-state index contributed by atoms with van der Waals surface area (Å²) in [6.07, 6.45) is 3.93. The third kappa shape index (κ3) is 4.02. The number of hydrogen-bond donors (Lipinski definition) is 1. The average Bonchev–Trinajstić information content (AvgIpc) is 3.21. The van der Waals surface area contributed by atoms with Gasteiger partial charge in [-0.1, -0.05) is 0 Å². The molecule has 7 nitrogen and oxygen atoms in total. The number of carbonyl (C=O) groups excluding carboxylic acids is 1. The molecule has 31 heavy (non-hydrogen) atoms. The maximum Gasteiger partial charge on any atom is 0.255 e. The smallest absolute Gasteiger partial charge is 0.255 e. The van der Waals surface area contributed by atoms with Crippen molar-refractivity contribution in [1.29, 1.82) is 0 Å². The molecule has 0 aliphatic heterocycles. The van der Waals surface area contributed by atoms with Crippen LogP contribution in [0.15, 0.2) is 60.9 Å². The van der Waals surface area contributed by atoms with Crippen LogP contribution in [0.2, 0.25) is 0 Å². The van der Waals surface area contributed by atoms with Gasteiger partial charge >= 0.3 is 0 Å². The molecule has 158 valence electrons. The second-order valence-corrected chi connectivity index (χ2v) is 7.03. The zero-order valence-corrected chi connectivity index (χ0v) is 17.8. The molecule has 0 fully saturated rings. The summed E-state index contributed by atoms with van der Waals surface area (Å²) in [6.45, 7) is 2.03. The number of aryl methyl sites for hydroxylation is 1. The van der Waals surface area contributed by atoms with E-state index in [-0.39, 0.29) is 5.91 Å². The zero-order valence-electron chi connectivity index (χ0n) is 17.8. The summed E-state index contributed by atoms with van der Waals surface area (Å²) in [5.41, 5.74) is 4.66. The number of carbonyl (C=O) groups is 1. The van der Waals surface area contributed by atoms with Gasteiger partial charge in [0.1, 0.15) is 11.4 Å². The van der Waals surface area contributed by atoms with E-state index < -0.39 is 0 Å². The van der Waals surface area contributed by atoms with Crippen molar-refractivity contribution in [3.05, 3.63) is 72.1 Å². The van der Waals surface area contributed by atoms with Crippen molar-refractivity contribution in [1.82, 2.24) is 9.38 Å². The fourth-order valence-corrected chi connectivity index (χ4v) is 3.36. The van der Waals surface area contributed by atoms with Crippen LogP contribution in [0.4, 0.5) is 5.69 Å². The predicted octanol–water partition coefficient (Wildman–Crippen LogP) is 4.59. The van der Waals surface area contributed by atoms with Gasteiger partial charge in [0.25, 0.3) is 5.91 Å². The van der Waals surface area contributed by atoms with Gasteiger partial charge < -0.3 is 23.9 Å². The van der Waals surface area contributed by atoms with Gasteiger partial charge in [0, 0.05) is 23.5 Å². The van der Waals surface area contributed by atoms with Crippen LogP contribution in [0.25, 0.3) is 16.9 Å². The number of benzene rings is 2. The van der Waals surface area contributed by atoms with Crippen molar-refractivity contribution < 1.29 is 19.0 Å². The van der Waals surface area contributed by atoms with E-state index in [1.165, 1.54) is 7.11 Å². The first-order chi connectivity index (χ1) is 15.0. The number of aromatic nitrogens is 2. The summed E-state index contributed by atoms with van der Waals surface area (Å²) < 4.78 is 17.9. The second-order valence-electron chi connectivity index (χ2n) is 7.03. The van der Waals surface area contributed by atoms with Gasteiger partial charge in [-0.2, -0.15) is 0 Å². The number of nitrogens with one attached hydrogen (secondary N) is 1. The SMILES string of the molecule is COc1ccc(-c2cn3ccc(C)cc3n2)cc1NC(=O)c1ccc(OC)c(OC)c1. The summed E-state index contributed by atoms with van der Waals surface area (Å²) in [4.78, 5) is 17.6. The monoisotopic (exact) mass is 417 g/mol. The molecule has 4 rings (SSSR count). The van der Waals surface area contributed by atoms with Crippen LogP contribution in [0.3, 0.4) is 0 Å². The predicted molar refractivity (Wildman–Crippen MR) is 119 cm³/mol. The molecule has 0 saturated heterocycles. The van der Waals surface area contributed by atoms with Crippen molar-refractivity contribution in [2.75, 3.05) is 26.6 Å². The molecule has 1 N–H and O–H groups in total. The number of anilines is 1. The molecule has 0 atom stereocenters. The molecule has 1 amide bonds. The third-order valence-electron chi connectivity index (χ3n) is 5.00. The highest BCUT2D eigenvalue weighted by Crippen LogP contribution is 2.32. The highest BCUT2D eigenvalue weighted by molar-refractivity contribution is 6.05. The molecule has 0 bridgehead atoms. The number of imidazole rings is 1. The number of hydrogen-bond acceptors (Lipinski definition) is 5. The van der Waals surface area contributed by atoms with Crippen LogP contribution in [0, 0.1) is 6.92 Å². The van der Waals surface area contributed by atoms with Crippen molar-refractivity contribution in [2.45, 2.75) is 6.92 Å². The number of ether oxygens (including phenoxy) is 3. The van der Waals surface area contributed by atoms with Crippen molar-refractivity contribution in [2.24, 2.45) is 0 Å². The standard InChI is InChI=1S/C24H23N3O4/c1-15-9-10-27-14-19(25-23(27)11-15)16-5-7-20(29-2)18(12-16)26-24(28)17-6-8-21(30-3)22(13-17)31-4/h5-14H,1-4H3,(H,26,28). The van der Waals surface area contributed by atoms with E-state index in [9.17, 15) is 4.79 Å². The average molecular weight is 417 g/mol. The van der Waals surface area contributed by atoms with E-state index >= 15 is 0 Å². The number of methoxy groups -OCH3 is 3. The summed E-state index contributed by atoms with van der Waals surface area (Å²) in [7, 11) is 4.64. The molecule has 0 aliphatic rings. The first-order valence-corrected chi connectivity index (χ1v) is 9.69. The zero-order chi connectivity index (χ0) is 22.0. The minimum Gasteiger partial charge on any atom is -0.495 e. The maximum absolute atomic E-state index is 12.9. The first-order valence-electron chi connectivity index (χ1n) is 9.69. The number of pyridine rings is 1. The molecule has 0 spiro atoms. The number of amides is 1. The Morgan fingerprint density at radius 1 is 0.903 bits per heavy atom. The lowest BCUT2D eigenvalue weighted by Gasteiger charge is -2.13. The summed E-state index contributed by atoms with van der Waals surface area (Å²) in [5.74, 6) is 1.30. The molecule has 0 saturated carbocycles. The Labute approximate surface area is 180 Å². The summed E-state index contributed by atoms with van der Waals surface area (Å²) >= 11 is 0. The van der Waals surface area contributed by atoms with E-state index in [4.69, 9.17) is 19.2 Å². The molecule has 4 aromatic rings. The molecule has 2 aromatic heterocycles. The van der Waals surface area contributed by atoms with Gasteiger partial charge in [-0.15, -0.1) is 0 Å². The van der Waals surface area contributed by atoms with Crippen LogP contribution in [0.5, 0.6) is 17.2 Å². The lowest BCUT2D eigenvalue weighted by molar-refractivity contribution is 0.102. The molecule has 7 heteroatoms. The Balaban J connectivity index is 1.66. The van der Waals surface area contributed by atoms with Crippen molar-refractivity contribution in [3.8, 4) is 28.5 Å². The van der Waals surface area contributed by atoms with Crippen molar-refractivity contribution >= 4 is 17.2 Å². The van der Waals surface area contributed by atoms with E-state index in [0.29, 0.717) is 28.5 Å². The topological polar surface area (TPSA) is 74.1 Å². The van der Waals surface area contributed by atoms with Gasteiger partial charge in [-0.25, -0.2) is 4.98 Å². The van der Waals surface area contributed by atoms with Crippen LogP contribution in [-0.4, -0.2) is 36.6 Å². The van der Waals surface area contributed by atoms with Gasteiger partial charge in [0.15, 0.2) is 11.5 Å². The highest BCUT2D eigenvalue weighted by Gasteiger charge is 2.15. The Morgan fingerprint density at radius 2 is 1.65 bits per heavy atom. The first kappa shape index (κ1) is 20.3. The number of nitrogens with zero attached hydrogens (tertiary/aromatic N) is 2. The van der Waals surface area contributed by atoms with Crippen LogP contribution in [0.1, 0.15) is 15.9 Å². The lowest BCUT2D eigenvalue weighted by atomic mass is 10.1.